The number of carbonyl (C=O) groups is 1. The summed E-state index contributed by atoms with van der Waals surface area (Å²) in [6.07, 6.45) is 0. The maximum atomic E-state index is 11.9. The first-order valence-corrected chi connectivity index (χ1v) is 7.62. The van der Waals surface area contributed by atoms with E-state index >= 15 is 0 Å². The lowest BCUT2D eigenvalue weighted by atomic mass is 10.1. The van der Waals surface area contributed by atoms with E-state index in [4.69, 9.17) is 33.2 Å². The van der Waals surface area contributed by atoms with Crippen LogP contribution in [-0.4, -0.2) is 12.5 Å². The molecular formula is C17H14Cl2N2O2. The van der Waals surface area contributed by atoms with Gasteiger partial charge in [0.25, 0.3) is 5.91 Å². The maximum Gasteiger partial charge on any atom is 0.258 e. The van der Waals surface area contributed by atoms with Crippen LogP contribution in [0.15, 0.2) is 42.5 Å². The predicted octanol–water partition coefficient (Wildman–Crippen LogP) is 4.12. The first-order chi connectivity index (χ1) is 11.0. The molecule has 118 valence electrons. The van der Waals surface area contributed by atoms with Crippen molar-refractivity contribution in [3.8, 4) is 11.8 Å². The van der Waals surface area contributed by atoms with E-state index in [2.05, 4.69) is 11.4 Å². The van der Waals surface area contributed by atoms with E-state index in [1.165, 1.54) is 0 Å². The molecule has 0 aliphatic carbocycles. The van der Waals surface area contributed by atoms with Gasteiger partial charge < -0.3 is 10.1 Å². The summed E-state index contributed by atoms with van der Waals surface area (Å²) in [5, 5.41) is 12.5. The third-order valence-electron chi connectivity index (χ3n) is 3.12. The number of benzene rings is 2. The average Bonchev–Trinajstić information content (AvgIpc) is 2.52. The van der Waals surface area contributed by atoms with Gasteiger partial charge in [0.05, 0.1) is 17.7 Å². The number of hydrogen-bond acceptors (Lipinski definition) is 3. The van der Waals surface area contributed by atoms with E-state index in [1.807, 2.05) is 6.92 Å². The first-order valence-electron chi connectivity index (χ1n) is 6.86. The van der Waals surface area contributed by atoms with Crippen molar-refractivity contribution < 1.29 is 9.53 Å². The Kier molecular flexibility index (Phi) is 5.86. The molecule has 1 amide bonds. The van der Waals surface area contributed by atoms with Gasteiger partial charge in [0, 0.05) is 10.0 Å². The molecule has 2 aromatic rings. The number of hydrogen-bond donors (Lipinski definition) is 1. The molecule has 0 heterocycles. The van der Waals surface area contributed by atoms with E-state index in [-0.39, 0.29) is 18.6 Å². The second-order valence-electron chi connectivity index (χ2n) is 4.92. The molecule has 0 radical (unpaired) electrons. The number of nitrogens with zero attached hydrogens (tertiary/aromatic N) is 1. The second kappa shape index (κ2) is 7.87. The lowest BCUT2D eigenvalue weighted by Crippen LogP contribution is -2.31. The van der Waals surface area contributed by atoms with E-state index in [1.54, 1.807) is 42.5 Å². The van der Waals surface area contributed by atoms with Crippen molar-refractivity contribution in [1.82, 2.24) is 5.32 Å². The Balaban J connectivity index is 1.89. The minimum absolute atomic E-state index is 0.142. The van der Waals surface area contributed by atoms with Crippen LogP contribution in [0.25, 0.3) is 0 Å². The van der Waals surface area contributed by atoms with Gasteiger partial charge in [-0.1, -0.05) is 35.3 Å². The maximum absolute atomic E-state index is 11.9. The molecule has 0 spiro atoms. The topological polar surface area (TPSA) is 62.1 Å². The fraction of sp³-hybridized carbons (Fsp3) is 0.176. The molecule has 0 aromatic heterocycles. The van der Waals surface area contributed by atoms with Crippen molar-refractivity contribution >= 4 is 29.1 Å². The summed E-state index contributed by atoms with van der Waals surface area (Å²) in [5.74, 6) is 0.168. The molecule has 4 nitrogen and oxygen atoms in total. The number of carbonyl (C=O) groups excluding carboxylic acids is 1. The van der Waals surface area contributed by atoms with Gasteiger partial charge in [-0.3, -0.25) is 4.79 Å². The largest absolute Gasteiger partial charge is 0.484 e. The standard InChI is InChI=1S/C17H14Cl2N2O2/c1-11(13-4-2-12(9-20)3-5-13)21-17(22)10-23-16-7-14(18)6-15(19)8-16/h2-8,11H,10H2,1H3,(H,21,22). The minimum Gasteiger partial charge on any atom is -0.484 e. The molecule has 1 unspecified atom stereocenters. The van der Waals surface area contributed by atoms with Gasteiger partial charge in [0.1, 0.15) is 5.75 Å². The van der Waals surface area contributed by atoms with Gasteiger partial charge in [-0.25, -0.2) is 0 Å². The zero-order valence-electron chi connectivity index (χ0n) is 12.3. The van der Waals surface area contributed by atoms with Crippen LogP contribution in [0.2, 0.25) is 10.0 Å². The van der Waals surface area contributed by atoms with Crippen LogP contribution in [0.5, 0.6) is 5.75 Å². The molecule has 0 saturated carbocycles. The Morgan fingerprint density at radius 1 is 1.22 bits per heavy atom. The summed E-state index contributed by atoms with van der Waals surface area (Å²) in [7, 11) is 0. The summed E-state index contributed by atoms with van der Waals surface area (Å²) in [6.45, 7) is 1.72. The lowest BCUT2D eigenvalue weighted by Gasteiger charge is -2.15. The smallest absolute Gasteiger partial charge is 0.258 e. The van der Waals surface area contributed by atoms with Gasteiger partial charge in [-0.2, -0.15) is 5.26 Å². The Morgan fingerprint density at radius 2 is 1.83 bits per heavy atom. The normalized spacial score (nSPS) is 11.4. The van der Waals surface area contributed by atoms with Crippen LogP contribution in [0.4, 0.5) is 0 Å². The summed E-state index contributed by atoms with van der Waals surface area (Å²) >= 11 is 11.7. The van der Waals surface area contributed by atoms with Crippen molar-refractivity contribution in [3.05, 3.63) is 63.6 Å². The molecule has 1 N–H and O–H groups in total. The van der Waals surface area contributed by atoms with E-state index in [9.17, 15) is 4.79 Å². The third-order valence-corrected chi connectivity index (χ3v) is 3.56. The number of amides is 1. The first kappa shape index (κ1) is 17.1. The van der Waals surface area contributed by atoms with Crippen LogP contribution in [0.3, 0.4) is 0 Å². The Hall–Kier alpha value is -2.22. The highest BCUT2D eigenvalue weighted by Crippen LogP contribution is 2.24. The van der Waals surface area contributed by atoms with Crippen molar-refractivity contribution in [2.45, 2.75) is 13.0 Å². The molecule has 1 atom stereocenters. The van der Waals surface area contributed by atoms with E-state index < -0.39 is 0 Å². The van der Waals surface area contributed by atoms with Crippen LogP contribution in [0.1, 0.15) is 24.1 Å². The molecule has 6 heteroatoms. The fourth-order valence-electron chi connectivity index (χ4n) is 1.97. The molecular weight excluding hydrogens is 335 g/mol. The zero-order chi connectivity index (χ0) is 16.8. The molecule has 2 aromatic carbocycles. The van der Waals surface area contributed by atoms with Gasteiger partial charge in [0.15, 0.2) is 6.61 Å². The summed E-state index contributed by atoms with van der Waals surface area (Å²) in [6, 6.07) is 13.7. The molecule has 0 saturated heterocycles. The van der Waals surface area contributed by atoms with Gasteiger partial charge in [-0.15, -0.1) is 0 Å². The van der Waals surface area contributed by atoms with E-state index in [0.717, 1.165) is 5.56 Å². The van der Waals surface area contributed by atoms with Crippen LogP contribution in [0, 0.1) is 11.3 Å². The van der Waals surface area contributed by atoms with Crippen molar-refractivity contribution in [3.63, 3.8) is 0 Å². The molecule has 23 heavy (non-hydrogen) atoms. The summed E-state index contributed by atoms with van der Waals surface area (Å²) in [4.78, 5) is 11.9. The summed E-state index contributed by atoms with van der Waals surface area (Å²) in [5.41, 5.74) is 1.48. The monoisotopic (exact) mass is 348 g/mol. The van der Waals surface area contributed by atoms with Crippen molar-refractivity contribution in [2.24, 2.45) is 0 Å². The molecule has 0 bridgehead atoms. The number of halogens is 2. The highest BCUT2D eigenvalue weighted by molar-refractivity contribution is 6.34. The van der Waals surface area contributed by atoms with Crippen LogP contribution < -0.4 is 10.1 Å². The zero-order valence-corrected chi connectivity index (χ0v) is 13.9. The predicted molar refractivity (Wildman–Crippen MR) is 89.7 cm³/mol. The number of nitrogens with one attached hydrogen (secondary N) is 1. The fourth-order valence-corrected chi connectivity index (χ4v) is 2.48. The summed E-state index contributed by atoms with van der Waals surface area (Å²) < 4.78 is 5.38. The molecule has 2 rings (SSSR count). The van der Waals surface area contributed by atoms with Gasteiger partial charge in [-0.05, 0) is 42.8 Å². The Morgan fingerprint density at radius 3 is 2.39 bits per heavy atom. The molecule has 0 aliphatic heterocycles. The SMILES string of the molecule is CC(NC(=O)COc1cc(Cl)cc(Cl)c1)c1ccc(C#N)cc1. The second-order valence-corrected chi connectivity index (χ2v) is 5.79. The number of nitriles is 1. The van der Waals surface area contributed by atoms with Crippen LogP contribution >= 0.6 is 23.2 Å². The minimum atomic E-state index is -0.266. The average molecular weight is 349 g/mol. The van der Waals surface area contributed by atoms with Gasteiger partial charge in [0.2, 0.25) is 0 Å². The van der Waals surface area contributed by atoms with Crippen molar-refractivity contribution in [2.75, 3.05) is 6.61 Å². The number of rotatable bonds is 5. The van der Waals surface area contributed by atoms with Crippen LogP contribution in [-0.2, 0) is 4.79 Å². The Labute approximate surface area is 144 Å². The van der Waals surface area contributed by atoms with Gasteiger partial charge >= 0.3 is 0 Å². The molecule has 0 aliphatic rings. The van der Waals surface area contributed by atoms with E-state index in [0.29, 0.717) is 21.4 Å². The lowest BCUT2D eigenvalue weighted by molar-refractivity contribution is -0.123. The number of ether oxygens (including phenoxy) is 1. The molecule has 0 fully saturated rings. The quantitative estimate of drug-likeness (QED) is 0.883. The van der Waals surface area contributed by atoms with Crippen molar-refractivity contribution in [1.29, 1.82) is 5.26 Å². The highest BCUT2D eigenvalue weighted by atomic mass is 35.5. The third kappa shape index (κ3) is 5.17. The Bertz CT molecular complexity index is 719. The highest BCUT2D eigenvalue weighted by Gasteiger charge is 2.10.